The summed E-state index contributed by atoms with van der Waals surface area (Å²) in [6, 6.07) is 11.1. The molecule has 0 aromatic heterocycles. The fourth-order valence-corrected chi connectivity index (χ4v) is 4.24. The van der Waals surface area contributed by atoms with Crippen molar-refractivity contribution >= 4 is 23.2 Å². The van der Waals surface area contributed by atoms with Crippen molar-refractivity contribution in [1.29, 1.82) is 0 Å². The van der Waals surface area contributed by atoms with Crippen LogP contribution < -0.4 is 10.1 Å². The van der Waals surface area contributed by atoms with Crippen LogP contribution in [0, 0.1) is 11.7 Å². The summed E-state index contributed by atoms with van der Waals surface area (Å²) in [5, 5.41) is 2.89. The Hall–Kier alpha value is -2.63. The van der Waals surface area contributed by atoms with E-state index in [1.165, 1.54) is 17.7 Å². The van der Waals surface area contributed by atoms with Crippen LogP contribution in [0.25, 0.3) is 0 Å². The number of piperidine rings is 1. The summed E-state index contributed by atoms with van der Waals surface area (Å²) in [6.45, 7) is 9.36. The second-order valence-corrected chi connectivity index (χ2v) is 8.84. The molecule has 1 aliphatic rings. The molecule has 1 N–H and O–H groups in total. The number of carbonyl (C=O) groups excluding carboxylic acids is 1. The van der Waals surface area contributed by atoms with Crippen LogP contribution in [0.1, 0.15) is 44.0 Å². The molecule has 1 unspecified atom stereocenters. The number of anilines is 1. The van der Waals surface area contributed by atoms with E-state index in [-0.39, 0.29) is 16.7 Å². The van der Waals surface area contributed by atoms with E-state index in [1.807, 2.05) is 18.2 Å². The normalized spacial score (nSPS) is 19.6. The third kappa shape index (κ3) is 7.18. The van der Waals surface area contributed by atoms with Crippen molar-refractivity contribution in [2.45, 2.75) is 39.7 Å². The van der Waals surface area contributed by atoms with Gasteiger partial charge in [0.1, 0.15) is 17.7 Å². The number of nitrogens with one attached hydrogen (secondary N) is 1. The summed E-state index contributed by atoms with van der Waals surface area (Å²) in [6.07, 6.45) is 8.69. The third-order valence-electron chi connectivity index (χ3n) is 5.81. The van der Waals surface area contributed by atoms with Crippen molar-refractivity contribution in [2.24, 2.45) is 5.92 Å². The largest absolute Gasteiger partial charge is 0.490 e. The molecule has 2 aromatic carbocycles. The van der Waals surface area contributed by atoms with Gasteiger partial charge in [-0.25, -0.2) is 4.39 Å². The van der Waals surface area contributed by atoms with Crippen LogP contribution in [-0.2, 0) is 0 Å². The number of rotatable bonds is 8. The number of hydrogen-bond donors (Lipinski definition) is 1. The first-order valence-electron chi connectivity index (χ1n) is 11.5. The van der Waals surface area contributed by atoms with Crippen molar-refractivity contribution < 1.29 is 13.9 Å². The lowest BCUT2D eigenvalue weighted by Gasteiger charge is -2.37. The molecule has 1 aliphatic heterocycles. The number of carbonyl (C=O) groups is 1. The van der Waals surface area contributed by atoms with Gasteiger partial charge in [0, 0.05) is 37.3 Å². The molecule has 0 spiro atoms. The topological polar surface area (TPSA) is 41.6 Å². The van der Waals surface area contributed by atoms with E-state index in [4.69, 9.17) is 16.3 Å². The molecular formula is C27H32ClFN2O2. The molecule has 0 bridgehead atoms. The van der Waals surface area contributed by atoms with Gasteiger partial charge in [0.15, 0.2) is 0 Å². The second-order valence-electron chi connectivity index (χ2n) is 8.44. The zero-order valence-electron chi connectivity index (χ0n) is 19.5. The lowest BCUT2D eigenvalue weighted by atomic mass is 9.96. The van der Waals surface area contributed by atoms with Gasteiger partial charge in [-0.15, -0.1) is 0 Å². The van der Waals surface area contributed by atoms with Gasteiger partial charge >= 0.3 is 0 Å². The fourth-order valence-electron chi connectivity index (χ4n) is 3.99. The minimum Gasteiger partial charge on any atom is -0.490 e. The number of benzene rings is 2. The van der Waals surface area contributed by atoms with Gasteiger partial charge in [-0.1, -0.05) is 49.7 Å². The molecule has 1 fully saturated rings. The molecule has 176 valence electrons. The van der Waals surface area contributed by atoms with Crippen LogP contribution >= 0.6 is 11.6 Å². The number of halogens is 2. The lowest BCUT2D eigenvalue weighted by molar-refractivity contribution is 0.0569. The SMILES string of the molecule is C/C=C(\C=C/CC)CN1CCC(Oc2cccc(NC(=O)c3ccc(F)cc3Cl)c2)[C@H](C)C1. The van der Waals surface area contributed by atoms with E-state index < -0.39 is 11.7 Å². The number of amides is 1. The predicted molar refractivity (Wildman–Crippen MR) is 134 cm³/mol. The number of likely N-dealkylation sites (tertiary alicyclic amines) is 1. The molecule has 6 heteroatoms. The Bertz CT molecular complexity index is 1020. The van der Waals surface area contributed by atoms with Crippen LogP contribution in [0.3, 0.4) is 0 Å². The molecule has 0 aliphatic carbocycles. The van der Waals surface area contributed by atoms with E-state index >= 15 is 0 Å². The number of ether oxygens (including phenoxy) is 1. The van der Waals surface area contributed by atoms with Crippen LogP contribution in [0.5, 0.6) is 5.75 Å². The molecule has 33 heavy (non-hydrogen) atoms. The first-order valence-corrected chi connectivity index (χ1v) is 11.8. The van der Waals surface area contributed by atoms with Crippen LogP contribution in [0.15, 0.2) is 66.3 Å². The second kappa shape index (κ2) is 12.0. The number of hydrogen-bond acceptors (Lipinski definition) is 3. The van der Waals surface area contributed by atoms with Gasteiger partial charge in [0.25, 0.3) is 5.91 Å². The molecule has 1 heterocycles. The minimum atomic E-state index is -0.480. The first kappa shape index (κ1) is 25.0. The summed E-state index contributed by atoms with van der Waals surface area (Å²) < 4.78 is 19.6. The monoisotopic (exact) mass is 470 g/mol. The number of allylic oxidation sites excluding steroid dienone is 2. The van der Waals surface area contributed by atoms with Gasteiger partial charge in [-0.3, -0.25) is 9.69 Å². The third-order valence-corrected chi connectivity index (χ3v) is 6.12. The zero-order chi connectivity index (χ0) is 23.8. The summed E-state index contributed by atoms with van der Waals surface area (Å²) >= 11 is 6.01. The first-order chi connectivity index (χ1) is 15.9. The van der Waals surface area contributed by atoms with E-state index in [0.29, 0.717) is 17.4 Å². The fraction of sp³-hybridized carbons (Fsp3) is 0.370. The van der Waals surface area contributed by atoms with E-state index in [1.54, 1.807) is 6.07 Å². The Labute approximate surface area is 201 Å². The van der Waals surface area contributed by atoms with Gasteiger partial charge in [0.05, 0.1) is 10.6 Å². The van der Waals surface area contributed by atoms with Crippen molar-refractivity contribution in [3.63, 3.8) is 0 Å². The number of nitrogens with zero attached hydrogens (tertiary/aromatic N) is 1. The van der Waals surface area contributed by atoms with Gasteiger partial charge < -0.3 is 10.1 Å². The van der Waals surface area contributed by atoms with Gasteiger partial charge in [-0.2, -0.15) is 0 Å². The van der Waals surface area contributed by atoms with Crippen molar-refractivity contribution in [3.8, 4) is 5.75 Å². The standard InChI is InChI=1S/C27H32ClFN2O2/c1-4-6-8-20(5-2)18-31-14-13-26(19(3)17-31)33-23-10-7-9-22(16-23)30-27(32)24-12-11-21(29)15-25(24)28/h5-12,15-16,19,26H,4,13-14,17-18H2,1-3H3,(H,30,32)/b8-6-,20-5+/t19-,26?/m1/s1. The molecule has 0 radical (unpaired) electrons. The minimum absolute atomic E-state index is 0.0757. The molecule has 1 amide bonds. The highest BCUT2D eigenvalue weighted by atomic mass is 35.5. The quantitative estimate of drug-likeness (QED) is 0.435. The maximum atomic E-state index is 13.3. The highest BCUT2D eigenvalue weighted by molar-refractivity contribution is 6.34. The van der Waals surface area contributed by atoms with E-state index in [2.05, 4.69) is 49.2 Å². The van der Waals surface area contributed by atoms with E-state index in [9.17, 15) is 9.18 Å². The summed E-state index contributed by atoms with van der Waals surface area (Å²) in [4.78, 5) is 15.0. The summed E-state index contributed by atoms with van der Waals surface area (Å²) in [5.74, 6) is 0.216. The van der Waals surface area contributed by atoms with Crippen LogP contribution in [-0.4, -0.2) is 36.5 Å². The average Bonchev–Trinajstić information content (AvgIpc) is 2.78. The maximum Gasteiger partial charge on any atom is 0.257 e. The predicted octanol–water partition coefficient (Wildman–Crippen LogP) is 6.73. The van der Waals surface area contributed by atoms with Crippen molar-refractivity contribution in [1.82, 2.24) is 4.90 Å². The van der Waals surface area contributed by atoms with Gasteiger partial charge in [-0.05, 0) is 55.7 Å². The highest BCUT2D eigenvalue weighted by Gasteiger charge is 2.27. The maximum absolute atomic E-state index is 13.3. The Morgan fingerprint density at radius 3 is 2.82 bits per heavy atom. The average molecular weight is 471 g/mol. The van der Waals surface area contributed by atoms with Crippen molar-refractivity contribution in [2.75, 3.05) is 25.0 Å². The molecule has 2 atom stereocenters. The van der Waals surface area contributed by atoms with Crippen molar-refractivity contribution in [3.05, 3.63) is 82.7 Å². The van der Waals surface area contributed by atoms with Crippen LogP contribution in [0.4, 0.5) is 10.1 Å². The molecule has 0 saturated carbocycles. The Morgan fingerprint density at radius 2 is 2.12 bits per heavy atom. The van der Waals surface area contributed by atoms with Crippen LogP contribution in [0.2, 0.25) is 5.02 Å². The highest BCUT2D eigenvalue weighted by Crippen LogP contribution is 2.26. The molecule has 4 nitrogen and oxygen atoms in total. The Kier molecular flexibility index (Phi) is 9.10. The Morgan fingerprint density at radius 1 is 1.30 bits per heavy atom. The Balaban J connectivity index is 1.58. The molecular weight excluding hydrogens is 439 g/mol. The van der Waals surface area contributed by atoms with Gasteiger partial charge in [0.2, 0.25) is 0 Å². The zero-order valence-corrected chi connectivity index (χ0v) is 20.2. The summed E-state index contributed by atoms with van der Waals surface area (Å²) in [5.41, 5.74) is 2.16. The molecule has 2 aromatic rings. The smallest absolute Gasteiger partial charge is 0.257 e. The van der Waals surface area contributed by atoms with E-state index in [0.717, 1.165) is 38.5 Å². The molecule has 3 rings (SSSR count). The lowest BCUT2D eigenvalue weighted by Crippen LogP contribution is -2.44. The summed E-state index contributed by atoms with van der Waals surface area (Å²) in [7, 11) is 0. The molecule has 1 saturated heterocycles.